The van der Waals surface area contributed by atoms with Gasteiger partial charge in [-0.15, -0.1) is 0 Å². The summed E-state index contributed by atoms with van der Waals surface area (Å²) in [7, 11) is 0. The largest absolute Gasteiger partial charge is 0.488 e. The number of rotatable bonds is 9. The maximum Gasteiger partial charge on any atom is 0.161 e. The monoisotopic (exact) mass is 639 g/mol. The van der Waals surface area contributed by atoms with E-state index in [2.05, 4.69) is 69.1 Å². The molecule has 0 bridgehead atoms. The van der Waals surface area contributed by atoms with Crippen molar-refractivity contribution in [1.29, 1.82) is 5.26 Å². The summed E-state index contributed by atoms with van der Waals surface area (Å²) in [6.45, 7) is 6.95. The maximum absolute atomic E-state index is 9.27. The molecule has 4 aromatic rings. The topological polar surface area (TPSA) is 76.8 Å². The van der Waals surface area contributed by atoms with Crippen molar-refractivity contribution in [2.75, 3.05) is 26.3 Å². The van der Waals surface area contributed by atoms with E-state index in [-0.39, 0.29) is 0 Å². The van der Waals surface area contributed by atoms with Gasteiger partial charge in [0.05, 0.1) is 10.0 Å². The van der Waals surface area contributed by atoms with Crippen LogP contribution in [0.2, 0.25) is 0 Å². The standard InChI is InChI=1S/C35H34BrN3O4/c1-24-28(6-5-7-30(24)27-8-9-32-35(16-27)41-13-12-40-32)23-43-34-17-33(42-22-26-14-25(18-37)19-38-20-26)29(15-31(34)36)21-39-10-3-2-4-11-39/h5-9,14-17,19-20H,2-4,10-13,21-23H2,1H3. The number of halogens is 1. The molecular weight excluding hydrogens is 606 g/mol. The number of nitriles is 1. The molecule has 1 saturated heterocycles. The van der Waals surface area contributed by atoms with Gasteiger partial charge < -0.3 is 18.9 Å². The molecule has 0 N–H and O–H groups in total. The fourth-order valence-corrected chi connectivity index (χ4v) is 6.12. The fourth-order valence-electron chi connectivity index (χ4n) is 5.61. The van der Waals surface area contributed by atoms with Crippen LogP contribution in [0.15, 0.2) is 71.5 Å². The highest BCUT2D eigenvalue weighted by molar-refractivity contribution is 9.10. The molecule has 0 aliphatic carbocycles. The summed E-state index contributed by atoms with van der Waals surface area (Å²) in [5, 5.41) is 9.27. The summed E-state index contributed by atoms with van der Waals surface area (Å²) in [6, 6.07) is 20.4. The van der Waals surface area contributed by atoms with Gasteiger partial charge in [0.25, 0.3) is 0 Å². The van der Waals surface area contributed by atoms with Crippen LogP contribution in [0, 0.1) is 18.3 Å². The lowest BCUT2D eigenvalue weighted by Gasteiger charge is -2.27. The van der Waals surface area contributed by atoms with Gasteiger partial charge in [0.15, 0.2) is 11.5 Å². The normalized spacial score (nSPS) is 14.6. The number of benzene rings is 3. The average Bonchev–Trinajstić information content (AvgIpc) is 3.05. The van der Waals surface area contributed by atoms with Gasteiger partial charge in [-0.2, -0.15) is 5.26 Å². The van der Waals surface area contributed by atoms with Gasteiger partial charge in [0.1, 0.15) is 44.0 Å². The zero-order valence-corrected chi connectivity index (χ0v) is 25.9. The molecule has 0 saturated carbocycles. The number of aromatic nitrogens is 1. The van der Waals surface area contributed by atoms with Crippen LogP contribution in [0.1, 0.15) is 47.1 Å². The third kappa shape index (κ3) is 6.96. The Morgan fingerprint density at radius 1 is 0.884 bits per heavy atom. The van der Waals surface area contributed by atoms with E-state index in [1.54, 1.807) is 12.4 Å². The lowest BCUT2D eigenvalue weighted by atomic mass is 9.96. The van der Waals surface area contributed by atoms with Crippen molar-refractivity contribution < 1.29 is 18.9 Å². The van der Waals surface area contributed by atoms with E-state index in [0.29, 0.717) is 37.7 Å². The third-order valence-electron chi connectivity index (χ3n) is 7.96. The SMILES string of the molecule is Cc1c(COc2cc(OCc3cncc(C#N)c3)c(CN3CCCCC3)cc2Br)cccc1-c1ccc2c(c1)OCCO2. The summed E-state index contributed by atoms with van der Waals surface area (Å²) >= 11 is 3.77. The molecule has 8 heteroatoms. The molecule has 0 unspecified atom stereocenters. The van der Waals surface area contributed by atoms with E-state index >= 15 is 0 Å². The van der Waals surface area contributed by atoms with Crippen molar-refractivity contribution in [3.63, 3.8) is 0 Å². The molecule has 3 aromatic carbocycles. The first-order chi connectivity index (χ1) is 21.1. The lowest BCUT2D eigenvalue weighted by Crippen LogP contribution is -2.29. The second kappa shape index (κ2) is 13.5. The molecule has 0 amide bonds. The zero-order chi connectivity index (χ0) is 29.6. The maximum atomic E-state index is 9.27. The van der Waals surface area contributed by atoms with Gasteiger partial charge in [0, 0.05) is 36.1 Å². The van der Waals surface area contributed by atoms with Gasteiger partial charge in [-0.05, 0) is 95.3 Å². The molecule has 3 heterocycles. The van der Waals surface area contributed by atoms with Crippen molar-refractivity contribution in [2.24, 2.45) is 0 Å². The van der Waals surface area contributed by atoms with Gasteiger partial charge in [-0.3, -0.25) is 9.88 Å². The van der Waals surface area contributed by atoms with E-state index in [1.165, 1.54) is 19.3 Å². The second-order valence-corrected chi connectivity index (χ2v) is 11.8. The average molecular weight is 641 g/mol. The molecule has 6 rings (SSSR count). The quantitative estimate of drug-likeness (QED) is 0.186. The Bertz CT molecular complexity index is 1650. The molecule has 2 aliphatic rings. The fraction of sp³-hybridized carbons (Fsp3) is 0.314. The van der Waals surface area contributed by atoms with E-state index in [0.717, 1.165) is 74.7 Å². The summed E-state index contributed by atoms with van der Waals surface area (Å²) in [5.41, 5.74) is 6.92. The summed E-state index contributed by atoms with van der Waals surface area (Å²) in [4.78, 5) is 6.66. The molecule has 220 valence electrons. The van der Waals surface area contributed by atoms with Crippen molar-refractivity contribution in [1.82, 2.24) is 9.88 Å². The van der Waals surface area contributed by atoms with Gasteiger partial charge in [-0.25, -0.2) is 0 Å². The number of hydrogen-bond acceptors (Lipinski definition) is 7. The molecule has 2 aliphatic heterocycles. The molecule has 0 atom stereocenters. The molecule has 7 nitrogen and oxygen atoms in total. The van der Waals surface area contributed by atoms with Crippen molar-refractivity contribution in [3.05, 3.63) is 99.3 Å². The van der Waals surface area contributed by atoms with E-state index < -0.39 is 0 Å². The highest BCUT2D eigenvalue weighted by Gasteiger charge is 2.18. The van der Waals surface area contributed by atoms with Crippen LogP contribution in [0.5, 0.6) is 23.0 Å². The van der Waals surface area contributed by atoms with E-state index in [4.69, 9.17) is 18.9 Å². The second-order valence-electron chi connectivity index (χ2n) is 10.9. The summed E-state index contributed by atoms with van der Waals surface area (Å²) in [6.07, 6.45) is 7.01. The number of ether oxygens (including phenoxy) is 4. The highest BCUT2D eigenvalue weighted by Crippen LogP contribution is 2.38. The van der Waals surface area contributed by atoms with Crippen molar-refractivity contribution >= 4 is 15.9 Å². The first-order valence-electron chi connectivity index (χ1n) is 14.7. The van der Waals surface area contributed by atoms with Gasteiger partial charge in [0.2, 0.25) is 0 Å². The molecular formula is C35H34BrN3O4. The first-order valence-corrected chi connectivity index (χ1v) is 15.5. The zero-order valence-electron chi connectivity index (χ0n) is 24.3. The number of pyridine rings is 1. The molecule has 1 fully saturated rings. The number of hydrogen-bond donors (Lipinski definition) is 0. The van der Waals surface area contributed by atoms with Crippen LogP contribution in [0.3, 0.4) is 0 Å². The Balaban J connectivity index is 1.23. The Labute approximate surface area is 261 Å². The highest BCUT2D eigenvalue weighted by atomic mass is 79.9. The first kappa shape index (κ1) is 29.0. The number of piperidine rings is 1. The Hall–Kier alpha value is -4.06. The molecule has 43 heavy (non-hydrogen) atoms. The van der Waals surface area contributed by atoms with Crippen molar-refractivity contribution in [2.45, 2.75) is 45.9 Å². The summed E-state index contributed by atoms with van der Waals surface area (Å²) in [5.74, 6) is 3.05. The van der Waals surface area contributed by atoms with Crippen LogP contribution >= 0.6 is 15.9 Å². The van der Waals surface area contributed by atoms with Crippen LogP contribution < -0.4 is 18.9 Å². The molecule has 0 radical (unpaired) electrons. The van der Waals surface area contributed by atoms with Crippen LogP contribution in [-0.2, 0) is 19.8 Å². The van der Waals surface area contributed by atoms with Crippen molar-refractivity contribution in [3.8, 4) is 40.2 Å². The van der Waals surface area contributed by atoms with Gasteiger partial charge in [-0.1, -0.05) is 30.7 Å². The molecule has 0 spiro atoms. The minimum Gasteiger partial charge on any atom is -0.488 e. The molecule has 1 aromatic heterocycles. The van der Waals surface area contributed by atoms with Crippen LogP contribution in [0.25, 0.3) is 11.1 Å². The van der Waals surface area contributed by atoms with Gasteiger partial charge >= 0.3 is 0 Å². The third-order valence-corrected chi connectivity index (χ3v) is 8.58. The van der Waals surface area contributed by atoms with Crippen LogP contribution in [-0.4, -0.2) is 36.2 Å². The number of fused-ring (bicyclic) bond motifs is 1. The van der Waals surface area contributed by atoms with E-state index in [1.807, 2.05) is 24.3 Å². The predicted octanol–water partition coefficient (Wildman–Crippen LogP) is 7.61. The Morgan fingerprint density at radius 2 is 1.70 bits per heavy atom. The summed E-state index contributed by atoms with van der Waals surface area (Å²) < 4.78 is 25.2. The minimum absolute atomic E-state index is 0.313. The lowest BCUT2D eigenvalue weighted by molar-refractivity contribution is 0.171. The Kier molecular flexibility index (Phi) is 9.11. The number of nitrogens with zero attached hydrogens (tertiary/aromatic N) is 3. The van der Waals surface area contributed by atoms with Crippen LogP contribution in [0.4, 0.5) is 0 Å². The van der Waals surface area contributed by atoms with E-state index in [9.17, 15) is 5.26 Å². The Morgan fingerprint density at radius 3 is 2.53 bits per heavy atom. The predicted molar refractivity (Wildman–Crippen MR) is 168 cm³/mol. The smallest absolute Gasteiger partial charge is 0.161 e. The minimum atomic E-state index is 0.313. The number of likely N-dealkylation sites (tertiary alicyclic amines) is 1.